The number of benzene rings is 1. The van der Waals surface area contributed by atoms with Crippen molar-refractivity contribution in [2.45, 2.75) is 0 Å². The molecule has 0 saturated heterocycles. The van der Waals surface area contributed by atoms with Crippen LogP contribution in [0.5, 0.6) is 0 Å². The Labute approximate surface area is 117 Å². The van der Waals surface area contributed by atoms with Crippen LogP contribution in [0, 0.1) is 0 Å². The van der Waals surface area contributed by atoms with Crippen LogP contribution in [0.2, 0.25) is 0 Å². The summed E-state index contributed by atoms with van der Waals surface area (Å²) in [5.74, 6) is -0.720. The van der Waals surface area contributed by atoms with Crippen molar-refractivity contribution in [2.75, 3.05) is 12.4 Å². The maximum Gasteiger partial charge on any atom is 0.337 e. The van der Waals surface area contributed by atoms with Crippen LogP contribution in [-0.4, -0.2) is 19.0 Å². The molecule has 5 nitrogen and oxygen atoms in total. The summed E-state index contributed by atoms with van der Waals surface area (Å²) in [6, 6.07) is 7.95. The summed E-state index contributed by atoms with van der Waals surface area (Å²) in [6.45, 7) is 0. The van der Waals surface area contributed by atoms with Crippen molar-refractivity contribution >= 4 is 33.5 Å². The maximum absolute atomic E-state index is 11.9. The van der Waals surface area contributed by atoms with Crippen LogP contribution in [0.15, 0.2) is 45.7 Å². The number of amides is 1. The lowest BCUT2D eigenvalue weighted by molar-refractivity contribution is 0.0600. The van der Waals surface area contributed by atoms with E-state index in [9.17, 15) is 9.59 Å². The number of rotatable bonds is 3. The second-order valence-electron chi connectivity index (χ2n) is 3.63. The highest BCUT2D eigenvalue weighted by atomic mass is 79.9. The highest BCUT2D eigenvalue weighted by Gasteiger charge is 2.13. The highest BCUT2D eigenvalue weighted by Crippen LogP contribution is 2.19. The fourth-order valence-electron chi connectivity index (χ4n) is 1.46. The van der Waals surface area contributed by atoms with Crippen LogP contribution in [-0.2, 0) is 4.74 Å². The quantitative estimate of drug-likeness (QED) is 0.881. The van der Waals surface area contributed by atoms with Gasteiger partial charge in [-0.3, -0.25) is 4.79 Å². The van der Waals surface area contributed by atoms with E-state index in [4.69, 9.17) is 4.42 Å². The maximum atomic E-state index is 11.9. The minimum absolute atomic E-state index is 0.300. The van der Waals surface area contributed by atoms with Crippen LogP contribution in [0.4, 0.5) is 5.69 Å². The van der Waals surface area contributed by atoms with Crippen molar-refractivity contribution in [3.05, 3.63) is 52.4 Å². The molecule has 0 aliphatic heterocycles. The number of nitrogens with one attached hydrogen (secondary N) is 1. The molecule has 0 fully saturated rings. The zero-order chi connectivity index (χ0) is 13.8. The Balaban J connectivity index is 2.10. The molecule has 2 rings (SSSR count). The van der Waals surface area contributed by atoms with Gasteiger partial charge in [-0.05, 0) is 46.3 Å². The van der Waals surface area contributed by atoms with Crippen molar-refractivity contribution < 1.29 is 18.7 Å². The number of ether oxygens (including phenoxy) is 1. The van der Waals surface area contributed by atoms with Crippen molar-refractivity contribution in [1.82, 2.24) is 0 Å². The summed E-state index contributed by atoms with van der Waals surface area (Å²) in [7, 11) is 1.31. The Morgan fingerprint density at radius 2 is 1.89 bits per heavy atom. The third-order valence-electron chi connectivity index (χ3n) is 2.43. The first-order chi connectivity index (χ1) is 9.11. The molecule has 1 amide bonds. The van der Waals surface area contributed by atoms with Crippen molar-refractivity contribution in [1.29, 1.82) is 0 Å². The number of carbonyl (C=O) groups excluding carboxylic acids is 2. The van der Waals surface area contributed by atoms with E-state index < -0.39 is 5.97 Å². The van der Waals surface area contributed by atoms with Gasteiger partial charge in [0.05, 0.1) is 24.5 Å². The molecule has 19 heavy (non-hydrogen) atoms. The molecule has 0 saturated carbocycles. The first kappa shape index (κ1) is 13.4. The highest BCUT2D eigenvalue weighted by molar-refractivity contribution is 9.10. The topological polar surface area (TPSA) is 68.5 Å². The van der Waals surface area contributed by atoms with Crippen LogP contribution >= 0.6 is 15.9 Å². The van der Waals surface area contributed by atoms with Crippen molar-refractivity contribution in [3.8, 4) is 0 Å². The Kier molecular flexibility index (Phi) is 4.01. The second kappa shape index (κ2) is 5.71. The van der Waals surface area contributed by atoms with Gasteiger partial charge in [-0.2, -0.15) is 0 Å². The molecule has 0 radical (unpaired) electrons. The van der Waals surface area contributed by atoms with Crippen LogP contribution in [0.1, 0.15) is 20.7 Å². The molecule has 2 aromatic rings. The summed E-state index contributed by atoms with van der Waals surface area (Å²) < 4.78 is 9.94. The molecular formula is C13H10BrNO4. The third kappa shape index (κ3) is 3.03. The van der Waals surface area contributed by atoms with E-state index in [2.05, 4.69) is 26.0 Å². The largest absolute Gasteiger partial charge is 0.465 e. The van der Waals surface area contributed by atoms with Crippen molar-refractivity contribution in [2.24, 2.45) is 0 Å². The number of carbonyl (C=O) groups is 2. The lowest BCUT2D eigenvalue weighted by Crippen LogP contribution is -2.11. The SMILES string of the molecule is COC(=O)c1ccc(NC(=O)c2ccoc2Br)cc1. The average molecular weight is 324 g/mol. The first-order valence-corrected chi connectivity index (χ1v) is 6.14. The van der Waals surface area contributed by atoms with Crippen LogP contribution in [0.25, 0.3) is 0 Å². The fourth-order valence-corrected chi connectivity index (χ4v) is 1.88. The minimum atomic E-state index is -0.421. The number of furan rings is 1. The van der Waals surface area contributed by atoms with Gasteiger partial charge in [0.1, 0.15) is 0 Å². The van der Waals surface area contributed by atoms with E-state index in [1.54, 1.807) is 30.3 Å². The van der Waals surface area contributed by atoms with E-state index in [0.29, 0.717) is 21.5 Å². The Hall–Kier alpha value is -2.08. The smallest absolute Gasteiger partial charge is 0.337 e. The lowest BCUT2D eigenvalue weighted by Gasteiger charge is -2.05. The molecule has 6 heteroatoms. The van der Waals surface area contributed by atoms with E-state index in [0.717, 1.165) is 0 Å². The molecule has 98 valence electrons. The molecule has 1 aromatic carbocycles. The predicted octanol–water partition coefficient (Wildman–Crippen LogP) is 3.08. The number of hydrogen-bond donors (Lipinski definition) is 1. The monoisotopic (exact) mass is 323 g/mol. The number of anilines is 1. The Bertz CT molecular complexity index is 603. The predicted molar refractivity (Wildman–Crippen MR) is 72.1 cm³/mol. The molecule has 0 atom stereocenters. The Morgan fingerprint density at radius 1 is 1.21 bits per heavy atom. The van der Waals surface area contributed by atoms with Gasteiger partial charge in [-0.25, -0.2) is 4.79 Å². The molecule has 0 bridgehead atoms. The van der Waals surface area contributed by atoms with Gasteiger partial charge in [-0.1, -0.05) is 0 Å². The number of esters is 1. The molecule has 0 aliphatic carbocycles. The van der Waals surface area contributed by atoms with Gasteiger partial charge in [0.2, 0.25) is 0 Å². The standard InChI is InChI=1S/C13H10BrNO4/c1-18-13(17)8-2-4-9(5-3-8)15-12(16)10-6-7-19-11(10)14/h2-7H,1H3,(H,15,16). The van der Waals surface area contributed by atoms with E-state index >= 15 is 0 Å². The van der Waals surface area contributed by atoms with Gasteiger partial charge >= 0.3 is 5.97 Å². The van der Waals surface area contributed by atoms with Crippen LogP contribution < -0.4 is 5.32 Å². The average Bonchev–Trinajstić information content (AvgIpc) is 2.85. The summed E-state index contributed by atoms with van der Waals surface area (Å²) in [4.78, 5) is 23.1. The molecule has 1 heterocycles. The number of methoxy groups -OCH3 is 1. The second-order valence-corrected chi connectivity index (χ2v) is 4.35. The Morgan fingerprint density at radius 3 is 2.42 bits per heavy atom. The van der Waals surface area contributed by atoms with E-state index in [1.165, 1.54) is 13.4 Å². The van der Waals surface area contributed by atoms with E-state index in [1.807, 2.05) is 0 Å². The molecule has 0 aliphatic rings. The number of hydrogen-bond acceptors (Lipinski definition) is 4. The normalized spacial score (nSPS) is 10.0. The summed E-state index contributed by atoms with van der Waals surface area (Å²) in [6.07, 6.45) is 1.42. The van der Waals surface area contributed by atoms with Gasteiger partial charge < -0.3 is 14.5 Å². The zero-order valence-electron chi connectivity index (χ0n) is 9.98. The number of halogens is 1. The van der Waals surface area contributed by atoms with Crippen LogP contribution in [0.3, 0.4) is 0 Å². The first-order valence-electron chi connectivity index (χ1n) is 5.34. The lowest BCUT2D eigenvalue weighted by atomic mass is 10.2. The van der Waals surface area contributed by atoms with Gasteiger partial charge in [0.15, 0.2) is 4.67 Å². The zero-order valence-corrected chi connectivity index (χ0v) is 11.6. The summed E-state index contributed by atoms with van der Waals surface area (Å²) >= 11 is 3.13. The molecular weight excluding hydrogens is 314 g/mol. The minimum Gasteiger partial charge on any atom is -0.465 e. The van der Waals surface area contributed by atoms with Gasteiger partial charge in [0, 0.05) is 5.69 Å². The van der Waals surface area contributed by atoms with Gasteiger partial charge in [-0.15, -0.1) is 0 Å². The third-order valence-corrected chi connectivity index (χ3v) is 3.04. The molecule has 0 spiro atoms. The van der Waals surface area contributed by atoms with E-state index in [-0.39, 0.29) is 5.91 Å². The summed E-state index contributed by atoms with van der Waals surface area (Å²) in [5.41, 5.74) is 1.40. The molecule has 1 aromatic heterocycles. The van der Waals surface area contributed by atoms with Gasteiger partial charge in [0.25, 0.3) is 5.91 Å². The molecule has 0 unspecified atom stereocenters. The van der Waals surface area contributed by atoms with Crippen molar-refractivity contribution in [3.63, 3.8) is 0 Å². The fraction of sp³-hybridized carbons (Fsp3) is 0.0769. The summed E-state index contributed by atoms with van der Waals surface area (Å²) in [5, 5.41) is 2.69. The molecule has 1 N–H and O–H groups in total.